The number of rotatable bonds is 6. The van der Waals surface area contributed by atoms with Crippen molar-refractivity contribution in [2.45, 2.75) is 50.4 Å². The van der Waals surface area contributed by atoms with E-state index in [9.17, 15) is 0 Å². The quantitative estimate of drug-likeness (QED) is 0.539. The summed E-state index contributed by atoms with van der Waals surface area (Å²) in [6.45, 7) is 4.55. The molecule has 0 spiro atoms. The maximum atomic E-state index is 3.56. The number of benzene rings is 2. The van der Waals surface area contributed by atoms with E-state index in [2.05, 4.69) is 116 Å². The SMILES string of the molecule is CCC1(c2ccc(Nc3ccc(C4(CC)C=CC=CC4)cc3)cc2)C=CC=CC1. The molecule has 2 unspecified atom stereocenters. The minimum atomic E-state index is 0.144. The second-order valence-electron chi connectivity index (χ2n) is 8.28. The van der Waals surface area contributed by atoms with E-state index in [0.717, 1.165) is 37.1 Å². The number of hydrogen-bond donors (Lipinski definition) is 1. The first-order chi connectivity index (χ1) is 14.2. The maximum absolute atomic E-state index is 3.56. The Morgan fingerprint density at radius 2 is 1.03 bits per heavy atom. The van der Waals surface area contributed by atoms with Crippen molar-refractivity contribution in [2.24, 2.45) is 0 Å². The number of allylic oxidation sites excluding steroid dienone is 8. The van der Waals surface area contributed by atoms with Gasteiger partial charge in [-0.05, 0) is 61.1 Å². The number of hydrogen-bond acceptors (Lipinski definition) is 1. The van der Waals surface area contributed by atoms with Crippen molar-refractivity contribution >= 4 is 11.4 Å². The van der Waals surface area contributed by atoms with Gasteiger partial charge in [-0.15, -0.1) is 0 Å². The highest BCUT2D eigenvalue weighted by atomic mass is 14.9. The zero-order chi connectivity index (χ0) is 20.2. The largest absolute Gasteiger partial charge is 0.356 e. The molecule has 1 heteroatoms. The van der Waals surface area contributed by atoms with Gasteiger partial charge in [-0.25, -0.2) is 0 Å². The Balaban J connectivity index is 1.48. The molecule has 0 amide bonds. The van der Waals surface area contributed by atoms with Crippen molar-refractivity contribution < 1.29 is 0 Å². The Morgan fingerprint density at radius 3 is 1.34 bits per heavy atom. The third-order valence-electron chi connectivity index (χ3n) is 6.76. The highest BCUT2D eigenvalue weighted by Crippen LogP contribution is 2.38. The maximum Gasteiger partial charge on any atom is 0.0384 e. The van der Waals surface area contributed by atoms with Gasteiger partial charge in [0, 0.05) is 22.2 Å². The van der Waals surface area contributed by atoms with E-state index in [0.29, 0.717) is 0 Å². The predicted molar refractivity (Wildman–Crippen MR) is 126 cm³/mol. The fourth-order valence-electron chi connectivity index (χ4n) is 4.63. The van der Waals surface area contributed by atoms with Crippen LogP contribution in [0.2, 0.25) is 0 Å². The highest BCUT2D eigenvalue weighted by Gasteiger charge is 2.28. The fraction of sp³-hybridized carbons (Fsp3) is 0.286. The van der Waals surface area contributed by atoms with E-state index in [1.807, 2.05) is 0 Å². The van der Waals surface area contributed by atoms with Crippen molar-refractivity contribution in [2.75, 3.05) is 5.32 Å². The second kappa shape index (κ2) is 8.29. The number of anilines is 2. The van der Waals surface area contributed by atoms with Gasteiger partial charge in [0.1, 0.15) is 0 Å². The van der Waals surface area contributed by atoms with Gasteiger partial charge < -0.3 is 5.32 Å². The van der Waals surface area contributed by atoms with Crippen LogP contribution in [0.3, 0.4) is 0 Å². The Hall–Kier alpha value is -2.80. The molecule has 0 saturated carbocycles. The summed E-state index contributed by atoms with van der Waals surface area (Å²) in [6, 6.07) is 17.9. The summed E-state index contributed by atoms with van der Waals surface area (Å²) >= 11 is 0. The van der Waals surface area contributed by atoms with Gasteiger partial charge in [0.25, 0.3) is 0 Å². The highest BCUT2D eigenvalue weighted by molar-refractivity contribution is 5.61. The molecule has 1 N–H and O–H groups in total. The first kappa shape index (κ1) is 19.5. The van der Waals surface area contributed by atoms with Gasteiger partial charge in [0.15, 0.2) is 0 Å². The lowest BCUT2D eigenvalue weighted by molar-refractivity contribution is 0.518. The zero-order valence-electron chi connectivity index (χ0n) is 17.6. The van der Waals surface area contributed by atoms with Crippen molar-refractivity contribution in [3.05, 3.63) is 108 Å². The van der Waals surface area contributed by atoms with Crippen molar-refractivity contribution in [1.82, 2.24) is 0 Å². The second-order valence-corrected chi connectivity index (χ2v) is 8.28. The Bertz CT molecular complexity index is 863. The molecule has 0 fully saturated rings. The molecule has 2 atom stereocenters. The molecule has 1 nitrogen and oxygen atoms in total. The monoisotopic (exact) mass is 381 g/mol. The molecule has 2 aromatic rings. The molecule has 148 valence electrons. The normalized spacial score (nSPS) is 25.3. The molecule has 2 aromatic carbocycles. The summed E-state index contributed by atoms with van der Waals surface area (Å²) in [5.41, 5.74) is 5.34. The summed E-state index contributed by atoms with van der Waals surface area (Å²) in [5.74, 6) is 0. The van der Waals surface area contributed by atoms with E-state index >= 15 is 0 Å². The Kier molecular flexibility index (Phi) is 5.58. The van der Waals surface area contributed by atoms with Crippen LogP contribution in [0.1, 0.15) is 50.7 Å². The number of nitrogens with one attached hydrogen (secondary N) is 1. The first-order valence-electron chi connectivity index (χ1n) is 10.9. The van der Waals surface area contributed by atoms with Gasteiger partial charge in [0.05, 0.1) is 0 Å². The third-order valence-corrected chi connectivity index (χ3v) is 6.76. The third kappa shape index (κ3) is 3.87. The molecule has 0 radical (unpaired) electrons. The molecule has 0 aliphatic heterocycles. The molecular weight excluding hydrogens is 350 g/mol. The standard InChI is InChI=1S/C28H31N/c1-3-27(19-7-5-8-20-27)23-11-15-25(16-12-23)29-26-17-13-24(14-18-26)28(4-2)21-9-6-10-22-28/h5-19,21,29H,3-4,20,22H2,1-2H3. The van der Waals surface area contributed by atoms with Crippen LogP contribution >= 0.6 is 0 Å². The van der Waals surface area contributed by atoms with Crippen LogP contribution in [0, 0.1) is 0 Å². The molecule has 0 bridgehead atoms. The van der Waals surface area contributed by atoms with Crippen LogP contribution in [0.4, 0.5) is 11.4 Å². The van der Waals surface area contributed by atoms with Crippen molar-refractivity contribution in [1.29, 1.82) is 0 Å². The lowest BCUT2D eigenvalue weighted by atomic mass is 9.73. The lowest BCUT2D eigenvalue weighted by Gasteiger charge is -2.31. The van der Waals surface area contributed by atoms with Crippen LogP contribution in [-0.2, 0) is 10.8 Å². The lowest BCUT2D eigenvalue weighted by Crippen LogP contribution is -2.23. The summed E-state index contributed by atoms with van der Waals surface area (Å²) in [4.78, 5) is 0. The van der Waals surface area contributed by atoms with Gasteiger partial charge in [0.2, 0.25) is 0 Å². The van der Waals surface area contributed by atoms with E-state index in [1.54, 1.807) is 0 Å². The summed E-state index contributed by atoms with van der Waals surface area (Å²) in [7, 11) is 0. The molecule has 0 saturated heterocycles. The summed E-state index contributed by atoms with van der Waals surface area (Å²) < 4.78 is 0. The van der Waals surface area contributed by atoms with Crippen LogP contribution in [0.5, 0.6) is 0 Å². The average Bonchev–Trinajstić information content (AvgIpc) is 2.81. The van der Waals surface area contributed by atoms with Gasteiger partial charge in [-0.1, -0.05) is 86.7 Å². The van der Waals surface area contributed by atoms with E-state index in [-0.39, 0.29) is 10.8 Å². The minimum absolute atomic E-state index is 0.144. The molecule has 2 aliphatic carbocycles. The van der Waals surface area contributed by atoms with E-state index < -0.39 is 0 Å². The van der Waals surface area contributed by atoms with Crippen LogP contribution in [0.15, 0.2) is 97.1 Å². The summed E-state index contributed by atoms with van der Waals surface area (Å²) in [6.07, 6.45) is 22.3. The topological polar surface area (TPSA) is 12.0 Å². The van der Waals surface area contributed by atoms with Gasteiger partial charge in [-0.3, -0.25) is 0 Å². The van der Waals surface area contributed by atoms with Crippen molar-refractivity contribution in [3.8, 4) is 0 Å². The molecule has 4 rings (SSSR count). The Morgan fingerprint density at radius 1 is 0.621 bits per heavy atom. The smallest absolute Gasteiger partial charge is 0.0384 e. The zero-order valence-corrected chi connectivity index (χ0v) is 17.6. The van der Waals surface area contributed by atoms with Crippen LogP contribution in [-0.4, -0.2) is 0 Å². The molecule has 29 heavy (non-hydrogen) atoms. The molecule has 0 heterocycles. The summed E-state index contributed by atoms with van der Waals surface area (Å²) in [5, 5.41) is 3.56. The van der Waals surface area contributed by atoms with Crippen molar-refractivity contribution in [3.63, 3.8) is 0 Å². The van der Waals surface area contributed by atoms with E-state index in [4.69, 9.17) is 0 Å². The predicted octanol–water partition coefficient (Wildman–Crippen LogP) is 7.76. The first-order valence-corrected chi connectivity index (χ1v) is 10.9. The molecular formula is C28H31N. The fourth-order valence-corrected chi connectivity index (χ4v) is 4.63. The van der Waals surface area contributed by atoms with Gasteiger partial charge >= 0.3 is 0 Å². The van der Waals surface area contributed by atoms with E-state index in [1.165, 1.54) is 11.1 Å². The minimum Gasteiger partial charge on any atom is -0.356 e. The molecule has 0 aromatic heterocycles. The Labute approximate surface area is 175 Å². The molecule has 2 aliphatic rings. The van der Waals surface area contributed by atoms with Gasteiger partial charge in [-0.2, -0.15) is 0 Å². The average molecular weight is 382 g/mol. The van der Waals surface area contributed by atoms with Crippen LogP contribution < -0.4 is 5.32 Å². The van der Waals surface area contributed by atoms with Crippen LogP contribution in [0.25, 0.3) is 0 Å².